The van der Waals surface area contributed by atoms with Crippen LogP contribution >= 0.6 is 24.0 Å². The molecule has 1 aromatic carbocycles. The van der Waals surface area contributed by atoms with Gasteiger partial charge in [0.2, 0.25) is 0 Å². The molecule has 0 atom stereocenters. The average Bonchev–Trinajstić information content (AvgIpc) is 2.49. The number of unbranched alkanes of at least 4 members (excludes halogenated alkanes) is 1. The standard InChI is InChI=1S/C16H25ClN2O2.ClH/c1-4-19(5-2)9-7-6-8-15(20)12-10-13(17)14(18)11-16(12)21-3;/h10-11H,4-9,18H2,1-3H3;1H. The highest BCUT2D eigenvalue weighted by atomic mass is 35.5. The molecule has 0 aliphatic rings. The lowest BCUT2D eigenvalue weighted by Gasteiger charge is -2.17. The van der Waals surface area contributed by atoms with Crippen molar-refractivity contribution in [1.29, 1.82) is 0 Å². The monoisotopic (exact) mass is 348 g/mol. The minimum atomic E-state index is 0. The Bertz CT molecular complexity index is 477. The third kappa shape index (κ3) is 6.03. The minimum Gasteiger partial charge on any atom is -0.496 e. The zero-order chi connectivity index (χ0) is 15.8. The molecule has 6 heteroatoms. The van der Waals surface area contributed by atoms with Crippen molar-refractivity contribution in [3.63, 3.8) is 0 Å². The molecule has 1 rings (SSSR count). The number of carbonyl (C=O) groups excluding carboxylic acids is 1. The molecule has 0 aliphatic carbocycles. The molecule has 4 nitrogen and oxygen atoms in total. The van der Waals surface area contributed by atoms with E-state index in [1.165, 1.54) is 7.11 Å². The van der Waals surface area contributed by atoms with Gasteiger partial charge in [0, 0.05) is 12.5 Å². The van der Waals surface area contributed by atoms with Gasteiger partial charge < -0.3 is 15.4 Å². The number of carbonyl (C=O) groups is 1. The van der Waals surface area contributed by atoms with Crippen LogP contribution in [0.2, 0.25) is 5.02 Å². The van der Waals surface area contributed by atoms with Crippen LogP contribution in [0.1, 0.15) is 43.5 Å². The van der Waals surface area contributed by atoms with E-state index in [4.69, 9.17) is 22.1 Å². The largest absolute Gasteiger partial charge is 0.496 e. The number of benzene rings is 1. The van der Waals surface area contributed by atoms with E-state index in [1.807, 2.05) is 0 Å². The van der Waals surface area contributed by atoms with Gasteiger partial charge in [-0.05, 0) is 38.5 Å². The van der Waals surface area contributed by atoms with E-state index in [9.17, 15) is 4.79 Å². The highest BCUT2D eigenvalue weighted by Crippen LogP contribution is 2.29. The van der Waals surface area contributed by atoms with Crippen LogP contribution in [0.4, 0.5) is 5.69 Å². The van der Waals surface area contributed by atoms with Crippen LogP contribution in [0.25, 0.3) is 0 Å². The second-order valence-corrected chi connectivity index (χ2v) is 5.39. The van der Waals surface area contributed by atoms with Gasteiger partial charge in [-0.2, -0.15) is 0 Å². The Hall–Kier alpha value is -0.970. The molecule has 0 aromatic heterocycles. The van der Waals surface area contributed by atoms with Gasteiger partial charge in [-0.1, -0.05) is 25.4 Å². The van der Waals surface area contributed by atoms with Crippen molar-refractivity contribution in [2.45, 2.75) is 33.1 Å². The fourth-order valence-electron chi connectivity index (χ4n) is 2.25. The molecule has 0 fully saturated rings. The first-order valence-corrected chi connectivity index (χ1v) is 7.79. The number of rotatable bonds is 9. The van der Waals surface area contributed by atoms with E-state index in [0.29, 0.717) is 28.4 Å². The van der Waals surface area contributed by atoms with E-state index < -0.39 is 0 Å². The lowest BCUT2D eigenvalue weighted by molar-refractivity contribution is 0.0975. The van der Waals surface area contributed by atoms with Crippen LogP contribution in [0.15, 0.2) is 12.1 Å². The molecule has 22 heavy (non-hydrogen) atoms. The lowest BCUT2D eigenvalue weighted by Crippen LogP contribution is -2.24. The molecule has 2 N–H and O–H groups in total. The third-order valence-electron chi connectivity index (χ3n) is 3.64. The lowest BCUT2D eigenvalue weighted by atomic mass is 10.0. The van der Waals surface area contributed by atoms with Crippen molar-refractivity contribution in [3.05, 3.63) is 22.7 Å². The molecule has 0 saturated heterocycles. The summed E-state index contributed by atoms with van der Waals surface area (Å²) in [6.07, 6.45) is 2.37. The van der Waals surface area contributed by atoms with Crippen LogP contribution in [0, 0.1) is 0 Å². The topological polar surface area (TPSA) is 55.6 Å². The Morgan fingerprint density at radius 1 is 1.27 bits per heavy atom. The Morgan fingerprint density at radius 3 is 2.45 bits per heavy atom. The van der Waals surface area contributed by atoms with Gasteiger partial charge in [0.25, 0.3) is 0 Å². The van der Waals surface area contributed by atoms with E-state index >= 15 is 0 Å². The highest BCUT2D eigenvalue weighted by molar-refractivity contribution is 6.33. The summed E-state index contributed by atoms with van der Waals surface area (Å²) in [6.45, 7) is 7.42. The quantitative estimate of drug-likeness (QED) is 0.415. The summed E-state index contributed by atoms with van der Waals surface area (Å²) in [4.78, 5) is 14.6. The Morgan fingerprint density at radius 2 is 1.91 bits per heavy atom. The SMILES string of the molecule is CCN(CC)CCCCC(=O)c1cc(Cl)c(N)cc1OC.Cl. The van der Waals surface area contributed by atoms with Gasteiger partial charge in [0.1, 0.15) is 5.75 Å². The first-order chi connectivity index (χ1) is 10.0. The molecule has 0 aliphatic heterocycles. The smallest absolute Gasteiger partial charge is 0.166 e. The Labute approximate surface area is 144 Å². The van der Waals surface area contributed by atoms with Crippen LogP contribution in [-0.4, -0.2) is 37.4 Å². The number of ketones is 1. The van der Waals surface area contributed by atoms with Gasteiger partial charge in [-0.25, -0.2) is 0 Å². The molecule has 0 unspecified atom stereocenters. The predicted molar refractivity (Wildman–Crippen MR) is 95.6 cm³/mol. The molecular weight excluding hydrogens is 323 g/mol. The predicted octanol–water partition coefficient (Wildman–Crippen LogP) is 4.05. The molecular formula is C16H26Cl2N2O2. The molecule has 126 valence electrons. The van der Waals surface area contributed by atoms with Crippen molar-refractivity contribution in [3.8, 4) is 5.75 Å². The molecule has 0 amide bonds. The normalized spacial score (nSPS) is 10.4. The van der Waals surface area contributed by atoms with Gasteiger partial charge in [-0.15, -0.1) is 12.4 Å². The van der Waals surface area contributed by atoms with Crippen molar-refractivity contribution in [1.82, 2.24) is 4.90 Å². The zero-order valence-corrected chi connectivity index (χ0v) is 15.1. The number of nitrogens with zero attached hydrogens (tertiary/aromatic N) is 1. The Kier molecular flexibility index (Phi) is 10.2. The minimum absolute atomic E-state index is 0. The number of hydrogen-bond donors (Lipinski definition) is 1. The Balaban J connectivity index is 0.00000441. The fraction of sp³-hybridized carbons (Fsp3) is 0.562. The number of Topliss-reactive ketones (excluding diaryl/α,β-unsaturated/α-hetero) is 1. The summed E-state index contributed by atoms with van der Waals surface area (Å²) >= 11 is 5.99. The van der Waals surface area contributed by atoms with Crippen molar-refractivity contribution in [2.24, 2.45) is 0 Å². The van der Waals surface area contributed by atoms with Crippen molar-refractivity contribution >= 4 is 35.5 Å². The third-order valence-corrected chi connectivity index (χ3v) is 3.97. The summed E-state index contributed by atoms with van der Waals surface area (Å²) < 4.78 is 5.21. The highest BCUT2D eigenvalue weighted by Gasteiger charge is 2.14. The van der Waals surface area contributed by atoms with E-state index in [1.54, 1.807) is 12.1 Å². The number of ether oxygens (including phenoxy) is 1. The molecule has 0 saturated carbocycles. The second-order valence-electron chi connectivity index (χ2n) is 4.98. The fourth-order valence-corrected chi connectivity index (χ4v) is 2.42. The molecule has 0 spiro atoms. The number of methoxy groups -OCH3 is 1. The number of halogens is 2. The summed E-state index contributed by atoms with van der Waals surface area (Å²) in [5.74, 6) is 0.541. The molecule has 1 aromatic rings. The van der Waals surface area contributed by atoms with E-state index in [-0.39, 0.29) is 18.2 Å². The number of nitrogen functional groups attached to an aromatic ring is 1. The zero-order valence-electron chi connectivity index (χ0n) is 13.5. The summed E-state index contributed by atoms with van der Waals surface area (Å²) in [5.41, 5.74) is 6.66. The van der Waals surface area contributed by atoms with Gasteiger partial charge in [0.15, 0.2) is 5.78 Å². The van der Waals surface area contributed by atoms with Gasteiger partial charge in [0.05, 0.1) is 23.4 Å². The van der Waals surface area contributed by atoms with Crippen LogP contribution in [-0.2, 0) is 0 Å². The molecule has 0 bridgehead atoms. The number of anilines is 1. The maximum atomic E-state index is 12.3. The van der Waals surface area contributed by atoms with Crippen LogP contribution < -0.4 is 10.5 Å². The van der Waals surface area contributed by atoms with Crippen LogP contribution in [0.5, 0.6) is 5.75 Å². The number of hydrogen-bond acceptors (Lipinski definition) is 4. The van der Waals surface area contributed by atoms with E-state index in [0.717, 1.165) is 32.5 Å². The summed E-state index contributed by atoms with van der Waals surface area (Å²) in [5, 5.41) is 0.391. The maximum Gasteiger partial charge on any atom is 0.166 e. The average molecular weight is 349 g/mol. The summed E-state index contributed by atoms with van der Waals surface area (Å²) in [6, 6.07) is 3.20. The second kappa shape index (κ2) is 10.7. The van der Waals surface area contributed by atoms with Gasteiger partial charge >= 0.3 is 0 Å². The summed E-state index contributed by atoms with van der Waals surface area (Å²) in [7, 11) is 1.53. The van der Waals surface area contributed by atoms with Crippen molar-refractivity contribution < 1.29 is 9.53 Å². The maximum absolute atomic E-state index is 12.3. The van der Waals surface area contributed by atoms with Gasteiger partial charge in [-0.3, -0.25) is 4.79 Å². The first kappa shape index (κ1) is 21.0. The van der Waals surface area contributed by atoms with E-state index in [2.05, 4.69) is 18.7 Å². The van der Waals surface area contributed by atoms with Crippen LogP contribution in [0.3, 0.4) is 0 Å². The number of nitrogens with two attached hydrogens (primary N) is 1. The molecule has 0 heterocycles. The van der Waals surface area contributed by atoms with Crippen molar-refractivity contribution in [2.75, 3.05) is 32.5 Å². The molecule has 0 radical (unpaired) electrons. The first-order valence-electron chi connectivity index (χ1n) is 7.42.